The fourth-order valence-electron chi connectivity index (χ4n) is 5.02. The molecule has 2 amide bonds. The summed E-state index contributed by atoms with van der Waals surface area (Å²) in [6.07, 6.45) is -0.747. The van der Waals surface area contributed by atoms with Gasteiger partial charge in [0.1, 0.15) is 5.82 Å². The third-order valence-corrected chi connectivity index (χ3v) is 9.15. The molecule has 4 atom stereocenters. The number of carbonyl (C=O) groups excluding carboxylic acids is 2. The summed E-state index contributed by atoms with van der Waals surface area (Å²) in [5, 5.41) is 20.3. The van der Waals surface area contributed by atoms with Crippen LogP contribution in [0, 0.1) is 5.82 Å². The zero-order chi connectivity index (χ0) is 34.0. The Kier molecular flexibility index (Phi) is 12.2. The lowest BCUT2D eigenvalue weighted by molar-refractivity contribution is 0.0825. The minimum atomic E-state index is -3.72. The quantitative estimate of drug-likeness (QED) is 0.120. The minimum Gasteiger partial charge on any atom is -0.390 e. The number of benzene rings is 4. The number of nitrogens with one attached hydrogen (secondary N) is 4. The molecular weight excluding hydrogens is 619 g/mol. The highest BCUT2D eigenvalue weighted by Crippen LogP contribution is 2.20. The van der Waals surface area contributed by atoms with E-state index in [2.05, 4.69) is 20.7 Å². The molecule has 248 valence electrons. The molecular formula is C36H41FN4O5S. The Hall–Kier alpha value is -4.58. The van der Waals surface area contributed by atoms with Gasteiger partial charge in [-0.1, -0.05) is 72.8 Å². The van der Waals surface area contributed by atoms with E-state index in [1.807, 2.05) is 74.5 Å². The van der Waals surface area contributed by atoms with Gasteiger partial charge < -0.3 is 21.1 Å². The summed E-state index contributed by atoms with van der Waals surface area (Å²) in [6.45, 7) is 5.30. The standard InChI is InChI=1S/C36H41FN4O5S/c1-4-47(45,46)41-32-21-29(35(43)39-25(3)27-13-9-6-10-14-27)20-30(22-32)36(44)40-33(19-26-11-7-5-8-12-26)34(42)23-38-24(2)28-15-17-31(37)18-16-28/h5-18,20-22,24-25,33-34,38,41-42H,4,19,23H2,1-3H3,(H,39,43)(H,40,44)/t24-,25-,33+,34-/m1/s1. The molecule has 11 heteroatoms. The highest BCUT2D eigenvalue weighted by molar-refractivity contribution is 7.92. The number of carbonyl (C=O) groups is 2. The van der Waals surface area contributed by atoms with Crippen LogP contribution in [0.15, 0.2) is 103 Å². The molecule has 0 aliphatic carbocycles. The van der Waals surface area contributed by atoms with Crippen molar-refractivity contribution in [1.29, 1.82) is 0 Å². The number of halogens is 1. The van der Waals surface area contributed by atoms with Crippen molar-refractivity contribution in [3.05, 3.63) is 137 Å². The van der Waals surface area contributed by atoms with Crippen LogP contribution in [0.3, 0.4) is 0 Å². The number of aliphatic hydroxyl groups excluding tert-OH is 1. The van der Waals surface area contributed by atoms with Crippen LogP contribution in [-0.2, 0) is 16.4 Å². The zero-order valence-electron chi connectivity index (χ0n) is 26.6. The van der Waals surface area contributed by atoms with Gasteiger partial charge in [-0.05, 0) is 74.2 Å². The average Bonchev–Trinajstić information content (AvgIpc) is 3.07. The summed E-state index contributed by atoms with van der Waals surface area (Å²) in [4.78, 5) is 27.1. The van der Waals surface area contributed by atoms with Crippen LogP contribution >= 0.6 is 0 Å². The number of amides is 2. The summed E-state index contributed by atoms with van der Waals surface area (Å²) in [6, 6.07) is 27.6. The second-order valence-electron chi connectivity index (χ2n) is 11.4. The van der Waals surface area contributed by atoms with Gasteiger partial charge in [0.25, 0.3) is 11.8 Å². The lowest BCUT2D eigenvalue weighted by Crippen LogP contribution is -2.49. The Morgan fingerprint density at radius 3 is 1.91 bits per heavy atom. The fourth-order valence-corrected chi connectivity index (χ4v) is 5.64. The maximum Gasteiger partial charge on any atom is 0.251 e. The second-order valence-corrected chi connectivity index (χ2v) is 13.4. The first-order chi connectivity index (χ1) is 22.4. The zero-order valence-corrected chi connectivity index (χ0v) is 27.4. The van der Waals surface area contributed by atoms with E-state index in [9.17, 15) is 27.5 Å². The maximum atomic E-state index is 13.8. The van der Waals surface area contributed by atoms with Gasteiger partial charge in [-0.2, -0.15) is 0 Å². The molecule has 4 aromatic carbocycles. The normalized spacial score (nSPS) is 14.0. The first kappa shape index (κ1) is 35.3. The number of sulfonamides is 1. The van der Waals surface area contributed by atoms with Crippen molar-refractivity contribution in [2.75, 3.05) is 17.0 Å². The number of aliphatic hydroxyl groups is 1. The van der Waals surface area contributed by atoms with Gasteiger partial charge in [0.15, 0.2) is 0 Å². The van der Waals surface area contributed by atoms with E-state index >= 15 is 0 Å². The van der Waals surface area contributed by atoms with E-state index in [4.69, 9.17) is 0 Å². The van der Waals surface area contributed by atoms with Crippen molar-refractivity contribution in [1.82, 2.24) is 16.0 Å². The summed E-state index contributed by atoms with van der Waals surface area (Å²) in [5.41, 5.74) is 2.78. The van der Waals surface area contributed by atoms with Crippen LogP contribution < -0.4 is 20.7 Å². The predicted molar refractivity (Wildman–Crippen MR) is 182 cm³/mol. The van der Waals surface area contributed by atoms with Gasteiger partial charge in [-0.25, -0.2) is 12.8 Å². The lowest BCUT2D eigenvalue weighted by Gasteiger charge is -2.26. The van der Waals surface area contributed by atoms with E-state index in [0.717, 1.165) is 16.7 Å². The van der Waals surface area contributed by atoms with Crippen molar-refractivity contribution in [2.45, 2.75) is 51.4 Å². The molecule has 0 saturated carbocycles. The SMILES string of the molecule is CCS(=O)(=O)Nc1cc(C(=O)N[C@@H](Cc2ccccc2)[C@H](O)CN[C@H](C)c2ccc(F)cc2)cc(C(=O)N[C@H](C)c2ccccc2)c1. The molecule has 47 heavy (non-hydrogen) atoms. The van der Waals surface area contributed by atoms with E-state index in [1.165, 1.54) is 37.3 Å². The van der Waals surface area contributed by atoms with Crippen LogP contribution in [0.25, 0.3) is 0 Å². The minimum absolute atomic E-state index is 0.0386. The molecule has 0 bridgehead atoms. The molecule has 0 radical (unpaired) electrons. The van der Waals surface area contributed by atoms with Crippen LogP contribution in [0.4, 0.5) is 10.1 Å². The Morgan fingerprint density at radius 2 is 1.32 bits per heavy atom. The third kappa shape index (κ3) is 10.5. The maximum absolute atomic E-state index is 13.8. The number of anilines is 1. The van der Waals surface area contributed by atoms with E-state index in [-0.39, 0.29) is 47.0 Å². The Labute approximate surface area is 275 Å². The highest BCUT2D eigenvalue weighted by Gasteiger charge is 2.25. The lowest BCUT2D eigenvalue weighted by atomic mass is 9.99. The van der Waals surface area contributed by atoms with Gasteiger partial charge in [-0.15, -0.1) is 0 Å². The smallest absolute Gasteiger partial charge is 0.251 e. The van der Waals surface area contributed by atoms with Crippen molar-refractivity contribution in [3.8, 4) is 0 Å². The fraction of sp³-hybridized carbons (Fsp3) is 0.278. The monoisotopic (exact) mass is 660 g/mol. The first-order valence-electron chi connectivity index (χ1n) is 15.5. The van der Waals surface area contributed by atoms with E-state index in [1.54, 1.807) is 12.1 Å². The van der Waals surface area contributed by atoms with E-state index in [0.29, 0.717) is 6.42 Å². The molecule has 0 heterocycles. The van der Waals surface area contributed by atoms with Crippen LogP contribution in [0.2, 0.25) is 0 Å². The summed E-state index contributed by atoms with van der Waals surface area (Å²) in [7, 11) is -3.72. The van der Waals surface area contributed by atoms with E-state index < -0.39 is 34.0 Å². The molecule has 5 N–H and O–H groups in total. The largest absolute Gasteiger partial charge is 0.390 e. The van der Waals surface area contributed by atoms with Gasteiger partial charge in [-0.3, -0.25) is 14.3 Å². The molecule has 0 fully saturated rings. The molecule has 0 unspecified atom stereocenters. The van der Waals surface area contributed by atoms with Crippen molar-refractivity contribution >= 4 is 27.5 Å². The van der Waals surface area contributed by atoms with Crippen LogP contribution in [0.1, 0.15) is 70.3 Å². The Bertz CT molecular complexity index is 1740. The summed E-state index contributed by atoms with van der Waals surface area (Å²) >= 11 is 0. The predicted octanol–water partition coefficient (Wildman–Crippen LogP) is 5.13. The molecule has 0 aromatic heterocycles. The second kappa shape index (κ2) is 16.3. The van der Waals surface area contributed by atoms with Gasteiger partial charge in [0.05, 0.1) is 29.6 Å². The molecule has 0 saturated heterocycles. The van der Waals surface area contributed by atoms with Crippen LogP contribution in [0.5, 0.6) is 0 Å². The summed E-state index contributed by atoms with van der Waals surface area (Å²) < 4.78 is 40.7. The van der Waals surface area contributed by atoms with Gasteiger partial charge in [0, 0.05) is 23.7 Å². The van der Waals surface area contributed by atoms with Crippen LogP contribution in [-0.4, -0.2) is 49.8 Å². The van der Waals surface area contributed by atoms with Gasteiger partial charge in [0.2, 0.25) is 10.0 Å². The topological polar surface area (TPSA) is 137 Å². The molecule has 9 nitrogen and oxygen atoms in total. The number of hydrogen-bond donors (Lipinski definition) is 5. The third-order valence-electron chi connectivity index (χ3n) is 7.84. The summed E-state index contributed by atoms with van der Waals surface area (Å²) in [5.74, 6) is -1.64. The molecule has 0 aliphatic heterocycles. The number of rotatable bonds is 15. The van der Waals surface area contributed by atoms with Crippen molar-refractivity contribution < 1.29 is 27.5 Å². The van der Waals surface area contributed by atoms with Crippen molar-refractivity contribution in [2.24, 2.45) is 0 Å². The Morgan fingerprint density at radius 1 is 0.766 bits per heavy atom. The molecule has 4 aromatic rings. The first-order valence-corrected chi connectivity index (χ1v) is 17.1. The Balaban J connectivity index is 1.58. The molecule has 0 aliphatic rings. The highest BCUT2D eigenvalue weighted by atomic mass is 32.2. The average molecular weight is 661 g/mol. The molecule has 0 spiro atoms. The van der Waals surface area contributed by atoms with Crippen molar-refractivity contribution in [3.63, 3.8) is 0 Å². The molecule has 4 rings (SSSR count). The van der Waals surface area contributed by atoms with Gasteiger partial charge >= 0.3 is 0 Å². The number of hydrogen-bond acceptors (Lipinski definition) is 6.